The molecular formula is C22H30N2O3. The number of imide groups is 1. The van der Waals surface area contributed by atoms with Gasteiger partial charge in [-0.1, -0.05) is 12.2 Å². The summed E-state index contributed by atoms with van der Waals surface area (Å²) >= 11 is 0. The highest BCUT2D eigenvalue weighted by molar-refractivity contribution is 6.08. The Bertz CT molecular complexity index is 651. The Morgan fingerprint density at radius 2 is 1.52 bits per heavy atom. The average molecular weight is 370 g/mol. The van der Waals surface area contributed by atoms with Gasteiger partial charge in [0.05, 0.1) is 11.8 Å². The Kier molecular flexibility index (Phi) is 3.99. The van der Waals surface area contributed by atoms with Crippen LogP contribution in [0.1, 0.15) is 58.3 Å². The van der Waals surface area contributed by atoms with Gasteiger partial charge in [0, 0.05) is 6.54 Å². The third-order valence-electron chi connectivity index (χ3n) is 8.11. The van der Waals surface area contributed by atoms with Gasteiger partial charge in [0.1, 0.15) is 6.04 Å². The molecule has 1 N–H and O–H groups in total. The molecule has 3 atom stereocenters. The van der Waals surface area contributed by atoms with Crippen LogP contribution in [-0.4, -0.2) is 35.2 Å². The van der Waals surface area contributed by atoms with Crippen molar-refractivity contribution in [1.82, 2.24) is 10.2 Å². The lowest BCUT2D eigenvalue weighted by atomic mass is 9.49. The normalized spacial score (nSPS) is 43.1. The zero-order chi connectivity index (χ0) is 18.8. The molecule has 6 aliphatic rings. The average Bonchev–Trinajstić information content (AvgIpc) is 2.89. The lowest BCUT2D eigenvalue weighted by Crippen LogP contribution is -2.54. The lowest BCUT2D eigenvalue weighted by Gasteiger charge is -2.57. The van der Waals surface area contributed by atoms with Crippen molar-refractivity contribution in [3.63, 3.8) is 0 Å². The van der Waals surface area contributed by atoms with Crippen LogP contribution in [0.4, 0.5) is 0 Å². The van der Waals surface area contributed by atoms with E-state index in [1.807, 2.05) is 12.2 Å². The van der Waals surface area contributed by atoms with Crippen molar-refractivity contribution in [2.24, 2.45) is 35.0 Å². The standard InChI is InChI=1S/C22H30N2O3/c1-13(24-20(26)17-4-2-3-5-18(17)21(24)27)19(25)23-12-22-9-14-6-15(10-22)8-16(7-14)11-22/h2-3,13-18H,4-12H2,1H3,(H,23,25)/t13-,14?,15?,16?,17+,18+,22?/m0/s1. The predicted molar refractivity (Wildman–Crippen MR) is 100 cm³/mol. The summed E-state index contributed by atoms with van der Waals surface area (Å²) in [5, 5.41) is 3.14. The van der Waals surface area contributed by atoms with Gasteiger partial charge in [0.15, 0.2) is 0 Å². The molecule has 5 heteroatoms. The highest BCUT2D eigenvalue weighted by Crippen LogP contribution is 2.59. The fraction of sp³-hybridized carbons (Fsp3) is 0.773. The molecule has 5 nitrogen and oxygen atoms in total. The highest BCUT2D eigenvalue weighted by atomic mass is 16.2. The van der Waals surface area contributed by atoms with E-state index in [1.54, 1.807) is 6.92 Å². The maximum absolute atomic E-state index is 12.8. The fourth-order valence-electron chi connectivity index (χ4n) is 7.25. The maximum atomic E-state index is 12.8. The van der Waals surface area contributed by atoms with Crippen molar-refractivity contribution in [2.45, 2.75) is 64.3 Å². The zero-order valence-corrected chi connectivity index (χ0v) is 16.2. The van der Waals surface area contributed by atoms with Crippen molar-refractivity contribution in [3.05, 3.63) is 12.2 Å². The number of carbonyl (C=O) groups is 3. The van der Waals surface area contributed by atoms with Gasteiger partial charge in [-0.2, -0.15) is 0 Å². The molecule has 0 radical (unpaired) electrons. The van der Waals surface area contributed by atoms with Gasteiger partial charge >= 0.3 is 0 Å². The highest BCUT2D eigenvalue weighted by Gasteiger charge is 2.52. The first-order valence-corrected chi connectivity index (χ1v) is 10.8. The van der Waals surface area contributed by atoms with E-state index in [2.05, 4.69) is 5.32 Å². The van der Waals surface area contributed by atoms with E-state index in [0.717, 1.165) is 17.8 Å². The Morgan fingerprint density at radius 1 is 1.04 bits per heavy atom. The molecule has 4 bridgehead atoms. The van der Waals surface area contributed by atoms with E-state index in [0.29, 0.717) is 19.4 Å². The Balaban J connectivity index is 1.24. The van der Waals surface area contributed by atoms with Gasteiger partial charge in [-0.3, -0.25) is 19.3 Å². The predicted octanol–water partition coefficient (Wildman–Crippen LogP) is 2.66. The monoisotopic (exact) mass is 370 g/mol. The van der Waals surface area contributed by atoms with Crippen LogP contribution in [0, 0.1) is 35.0 Å². The summed E-state index contributed by atoms with van der Waals surface area (Å²) < 4.78 is 0. The molecular weight excluding hydrogens is 340 g/mol. The number of rotatable bonds is 4. The van der Waals surface area contributed by atoms with E-state index in [9.17, 15) is 14.4 Å². The minimum Gasteiger partial charge on any atom is -0.354 e. The first-order chi connectivity index (χ1) is 13.0. The SMILES string of the molecule is C[C@@H](C(=O)NCC12CC3CC(CC(C3)C1)C2)N1C(=O)[C@@H]2CC=CC[C@H]2C1=O. The molecule has 0 aromatic rings. The number of nitrogens with one attached hydrogen (secondary N) is 1. The lowest BCUT2D eigenvalue weighted by molar-refractivity contribution is -0.147. The van der Waals surface area contributed by atoms with E-state index in [4.69, 9.17) is 0 Å². The molecule has 3 amide bonds. The van der Waals surface area contributed by atoms with Gasteiger partial charge in [0.25, 0.3) is 0 Å². The van der Waals surface area contributed by atoms with E-state index in [-0.39, 0.29) is 35.0 Å². The topological polar surface area (TPSA) is 66.5 Å². The summed E-state index contributed by atoms with van der Waals surface area (Å²) in [5.41, 5.74) is 0.265. The summed E-state index contributed by atoms with van der Waals surface area (Å²) in [6.07, 6.45) is 13.1. The van der Waals surface area contributed by atoms with Crippen molar-refractivity contribution in [1.29, 1.82) is 0 Å². The Hall–Kier alpha value is -1.65. The van der Waals surface area contributed by atoms with Crippen LogP contribution >= 0.6 is 0 Å². The quantitative estimate of drug-likeness (QED) is 0.611. The van der Waals surface area contributed by atoms with Gasteiger partial charge in [0.2, 0.25) is 17.7 Å². The van der Waals surface area contributed by atoms with Gasteiger partial charge in [-0.15, -0.1) is 0 Å². The molecule has 0 spiro atoms. The molecule has 1 heterocycles. The molecule has 5 fully saturated rings. The van der Waals surface area contributed by atoms with Crippen molar-refractivity contribution in [3.8, 4) is 0 Å². The van der Waals surface area contributed by atoms with Crippen LogP contribution in [0.5, 0.6) is 0 Å². The van der Waals surface area contributed by atoms with Crippen LogP contribution in [0.15, 0.2) is 12.2 Å². The van der Waals surface area contributed by atoms with Crippen molar-refractivity contribution < 1.29 is 14.4 Å². The molecule has 1 saturated heterocycles. The molecule has 27 heavy (non-hydrogen) atoms. The molecule has 5 aliphatic carbocycles. The largest absolute Gasteiger partial charge is 0.354 e. The number of nitrogens with zero attached hydrogens (tertiary/aromatic N) is 1. The van der Waals surface area contributed by atoms with Crippen molar-refractivity contribution >= 4 is 17.7 Å². The molecule has 0 aromatic carbocycles. The van der Waals surface area contributed by atoms with Crippen LogP contribution in [0.2, 0.25) is 0 Å². The van der Waals surface area contributed by atoms with Crippen LogP contribution in [0.25, 0.3) is 0 Å². The van der Waals surface area contributed by atoms with Crippen molar-refractivity contribution in [2.75, 3.05) is 6.54 Å². The smallest absolute Gasteiger partial charge is 0.243 e. The van der Waals surface area contributed by atoms with E-state index < -0.39 is 6.04 Å². The van der Waals surface area contributed by atoms with Crippen LogP contribution < -0.4 is 5.32 Å². The fourth-order valence-corrected chi connectivity index (χ4v) is 7.25. The molecule has 1 aliphatic heterocycles. The first-order valence-electron chi connectivity index (χ1n) is 10.8. The van der Waals surface area contributed by atoms with Crippen LogP contribution in [0.3, 0.4) is 0 Å². The summed E-state index contributed by atoms with van der Waals surface area (Å²) in [5.74, 6) is 1.54. The summed E-state index contributed by atoms with van der Waals surface area (Å²) in [4.78, 5) is 39.5. The van der Waals surface area contributed by atoms with Gasteiger partial charge in [-0.25, -0.2) is 0 Å². The zero-order valence-electron chi connectivity index (χ0n) is 16.2. The first kappa shape index (κ1) is 17.4. The molecule has 0 unspecified atom stereocenters. The van der Waals surface area contributed by atoms with E-state index in [1.165, 1.54) is 43.4 Å². The summed E-state index contributed by atoms with van der Waals surface area (Å²) in [6.45, 7) is 2.42. The number of carbonyl (C=O) groups excluding carboxylic acids is 3. The minimum atomic E-state index is -0.704. The number of hydrogen-bond donors (Lipinski definition) is 1. The molecule has 4 saturated carbocycles. The number of hydrogen-bond acceptors (Lipinski definition) is 3. The molecule has 6 rings (SSSR count). The van der Waals surface area contributed by atoms with Crippen LogP contribution in [-0.2, 0) is 14.4 Å². The number of fused-ring (bicyclic) bond motifs is 1. The second kappa shape index (κ2) is 6.18. The minimum absolute atomic E-state index is 0.160. The summed E-state index contributed by atoms with van der Waals surface area (Å²) in [7, 11) is 0. The van der Waals surface area contributed by atoms with E-state index >= 15 is 0 Å². The third kappa shape index (κ3) is 2.76. The number of allylic oxidation sites excluding steroid dienone is 2. The number of amides is 3. The molecule has 0 aromatic heterocycles. The molecule has 146 valence electrons. The van der Waals surface area contributed by atoms with Gasteiger partial charge in [-0.05, 0) is 81.5 Å². The third-order valence-corrected chi connectivity index (χ3v) is 8.11. The summed E-state index contributed by atoms with van der Waals surface area (Å²) in [6, 6.07) is -0.704. The second-order valence-corrected chi connectivity index (χ2v) is 10.0. The Morgan fingerprint density at radius 3 is 2.00 bits per heavy atom. The van der Waals surface area contributed by atoms with Gasteiger partial charge < -0.3 is 5.32 Å². The second-order valence-electron chi connectivity index (χ2n) is 10.0. The Labute approximate surface area is 160 Å². The number of likely N-dealkylation sites (tertiary alicyclic amines) is 1. The maximum Gasteiger partial charge on any atom is 0.243 e.